The van der Waals surface area contributed by atoms with Crippen molar-refractivity contribution in [1.82, 2.24) is 9.88 Å². The van der Waals surface area contributed by atoms with E-state index in [9.17, 15) is 4.79 Å². The molecule has 1 aromatic heterocycles. The maximum Gasteiger partial charge on any atom is 0.257 e. The molecule has 2 rings (SSSR count). The van der Waals surface area contributed by atoms with Gasteiger partial charge in [-0.1, -0.05) is 0 Å². The third-order valence-corrected chi connectivity index (χ3v) is 3.72. The number of pyridine rings is 1. The molecule has 104 valence electrons. The van der Waals surface area contributed by atoms with E-state index in [4.69, 9.17) is 10.5 Å². The summed E-state index contributed by atoms with van der Waals surface area (Å²) in [4.78, 5) is 18.4. The van der Waals surface area contributed by atoms with Crippen LogP contribution in [0.2, 0.25) is 0 Å². The van der Waals surface area contributed by atoms with E-state index in [-0.39, 0.29) is 11.9 Å². The maximum atomic E-state index is 12.5. The van der Waals surface area contributed by atoms with Crippen molar-refractivity contribution in [3.63, 3.8) is 0 Å². The molecule has 0 aliphatic carbocycles. The highest BCUT2D eigenvalue weighted by Crippen LogP contribution is 2.23. The number of aromatic nitrogens is 1. The standard InChI is InChI=1S/C14H21N3O2/c1-10(15)11-4-3-7-17(9-11)14(18)12-5-6-16-8-13(12)19-2/h5-6,8,10-11H,3-4,7,9,15H2,1-2H3. The highest BCUT2D eigenvalue weighted by molar-refractivity contribution is 5.96. The van der Waals surface area contributed by atoms with Gasteiger partial charge in [-0.15, -0.1) is 0 Å². The minimum Gasteiger partial charge on any atom is -0.494 e. The number of carbonyl (C=O) groups excluding carboxylic acids is 1. The molecule has 0 bridgehead atoms. The summed E-state index contributed by atoms with van der Waals surface area (Å²) in [6.07, 6.45) is 5.28. The van der Waals surface area contributed by atoms with Crippen molar-refractivity contribution >= 4 is 5.91 Å². The van der Waals surface area contributed by atoms with Gasteiger partial charge >= 0.3 is 0 Å². The van der Waals surface area contributed by atoms with Gasteiger partial charge in [-0.25, -0.2) is 0 Å². The molecule has 19 heavy (non-hydrogen) atoms. The molecule has 2 N–H and O–H groups in total. The van der Waals surface area contributed by atoms with Gasteiger partial charge in [-0.2, -0.15) is 0 Å². The SMILES string of the molecule is COc1cnccc1C(=O)N1CCCC(C(C)N)C1. The Labute approximate surface area is 113 Å². The first-order valence-corrected chi connectivity index (χ1v) is 6.66. The number of rotatable bonds is 3. The summed E-state index contributed by atoms with van der Waals surface area (Å²) >= 11 is 0. The second-order valence-electron chi connectivity index (χ2n) is 5.09. The van der Waals surface area contributed by atoms with E-state index in [1.165, 1.54) is 0 Å². The van der Waals surface area contributed by atoms with E-state index in [0.29, 0.717) is 17.2 Å². The molecule has 1 aliphatic heterocycles. The van der Waals surface area contributed by atoms with Crippen molar-refractivity contribution in [3.8, 4) is 5.75 Å². The number of piperidine rings is 1. The minimum atomic E-state index is 0.00426. The third kappa shape index (κ3) is 3.04. The molecule has 2 atom stereocenters. The average molecular weight is 263 g/mol. The predicted octanol–water partition coefficient (Wildman–Crippen LogP) is 1.29. The van der Waals surface area contributed by atoms with Gasteiger partial charge in [-0.05, 0) is 31.7 Å². The lowest BCUT2D eigenvalue weighted by Gasteiger charge is -2.34. The van der Waals surface area contributed by atoms with E-state index >= 15 is 0 Å². The molecule has 0 spiro atoms. The van der Waals surface area contributed by atoms with Crippen LogP contribution in [0.3, 0.4) is 0 Å². The number of carbonyl (C=O) groups is 1. The van der Waals surface area contributed by atoms with Gasteiger partial charge in [0, 0.05) is 25.3 Å². The minimum absolute atomic E-state index is 0.00426. The Bertz CT molecular complexity index is 448. The quantitative estimate of drug-likeness (QED) is 0.892. The van der Waals surface area contributed by atoms with Crippen LogP contribution in [0.15, 0.2) is 18.5 Å². The fourth-order valence-electron chi connectivity index (χ4n) is 2.51. The van der Waals surface area contributed by atoms with E-state index in [1.54, 1.807) is 25.6 Å². The predicted molar refractivity (Wildman–Crippen MR) is 73.1 cm³/mol. The Morgan fingerprint density at radius 2 is 2.42 bits per heavy atom. The number of nitrogens with two attached hydrogens (primary N) is 1. The molecule has 1 fully saturated rings. The van der Waals surface area contributed by atoms with Crippen LogP contribution in [0.25, 0.3) is 0 Å². The third-order valence-electron chi connectivity index (χ3n) is 3.72. The number of likely N-dealkylation sites (tertiary alicyclic amines) is 1. The fraction of sp³-hybridized carbons (Fsp3) is 0.571. The van der Waals surface area contributed by atoms with Gasteiger partial charge in [0.15, 0.2) is 0 Å². The van der Waals surface area contributed by atoms with Crippen LogP contribution in [0, 0.1) is 5.92 Å². The Morgan fingerprint density at radius 3 is 3.11 bits per heavy atom. The molecule has 1 aromatic rings. The summed E-state index contributed by atoms with van der Waals surface area (Å²) in [5.41, 5.74) is 6.52. The summed E-state index contributed by atoms with van der Waals surface area (Å²) in [6, 6.07) is 1.83. The topological polar surface area (TPSA) is 68.5 Å². The number of methoxy groups -OCH3 is 1. The Hall–Kier alpha value is -1.62. The first-order valence-electron chi connectivity index (χ1n) is 6.66. The maximum absolute atomic E-state index is 12.5. The zero-order valence-corrected chi connectivity index (χ0v) is 11.5. The summed E-state index contributed by atoms with van der Waals surface area (Å²) in [5.74, 6) is 0.908. The average Bonchev–Trinajstić information content (AvgIpc) is 2.46. The van der Waals surface area contributed by atoms with Crippen LogP contribution in [0.5, 0.6) is 5.75 Å². The van der Waals surface area contributed by atoms with Crippen molar-refractivity contribution in [1.29, 1.82) is 0 Å². The summed E-state index contributed by atoms with van der Waals surface area (Å²) in [7, 11) is 1.55. The summed E-state index contributed by atoms with van der Waals surface area (Å²) in [5, 5.41) is 0. The largest absolute Gasteiger partial charge is 0.494 e. The molecule has 2 unspecified atom stereocenters. The monoisotopic (exact) mass is 263 g/mol. The van der Waals surface area contributed by atoms with E-state index < -0.39 is 0 Å². The van der Waals surface area contributed by atoms with Crippen LogP contribution in [-0.4, -0.2) is 42.0 Å². The van der Waals surface area contributed by atoms with Gasteiger partial charge in [0.1, 0.15) is 5.75 Å². The molecular formula is C14H21N3O2. The smallest absolute Gasteiger partial charge is 0.257 e. The molecule has 0 aromatic carbocycles. The number of hydrogen-bond donors (Lipinski definition) is 1. The zero-order valence-electron chi connectivity index (χ0n) is 11.5. The van der Waals surface area contributed by atoms with Gasteiger partial charge in [0.25, 0.3) is 5.91 Å². The lowest BCUT2D eigenvalue weighted by atomic mass is 9.92. The van der Waals surface area contributed by atoms with Crippen molar-refractivity contribution in [2.75, 3.05) is 20.2 Å². The molecule has 1 aliphatic rings. The molecule has 2 heterocycles. The Balaban J connectivity index is 2.15. The number of nitrogens with zero attached hydrogens (tertiary/aromatic N) is 2. The summed E-state index contributed by atoms with van der Waals surface area (Å²) < 4.78 is 5.20. The van der Waals surface area contributed by atoms with Gasteiger partial charge in [-0.3, -0.25) is 9.78 Å². The van der Waals surface area contributed by atoms with Gasteiger partial charge in [0.05, 0.1) is 18.9 Å². The van der Waals surface area contributed by atoms with E-state index in [1.807, 2.05) is 11.8 Å². The molecule has 0 saturated carbocycles. The van der Waals surface area contributed by atoms with Crippen molar-refractivity contribution in [2.45, 2.75) is 25.8 Å². The number of ether oxygens (including phenoxy) is 1. The Kier molecular flexibility index (Phi) is 4.37. The lowest BCUT2D eigenvalue weighted by molar-refractivity contribution is 0.0657. The van der Waals surface area contributed by atoms with Crippen LogP contribution in [0.4, 0.5) is 0 Å². The molecular weight excluding hydrogens is 242 g/mol. The molecule has 5 heteroatoms. The van der Waals surface area contributed by atoms with Crippen LogP contribution in [-0.2, 0) is 0 Å². The van der Waals surface area contributed by atoms with Crippen LogP contribution >= 0.6 is 0 Å². The number of amides is 1. The van der Waals surface area contributed by atoms with Gasteiger partial charge < -0.3 is 15.4 Å². The lowest BCUT2D eigenvalue weighted by Crippen LogP contribution is -2.45. The highest BCUT2D eigenvalue weighted by Gasteiger charge is 2.27. The molecule has 0 radical (unpaired) electrons. The van der Waals surface area contributed by atoms with E-state index in [2.05, 4.69) is 4.98 Å². The highest BCUT2D eigenvalue weighted by atomic mass is 16.5. The van der Waals surface area contributed by atoms with Crippen LogP contribution < -0.4 is 10.5 Å². The second-order valence-corrected chi connectivity index (χ2v) is 5.09. The van der Waals surface area contributed by atoms with Crippen molar-refractivity contribution in [3.05, 3.63) is 24.0 Å². The molecule has 5 nitrogen and oxygen atoms in total. The second kappa shape index (κ2) is 6.02. The Morgan fingerprint density at radius 1 is 1.63 bits per heavy atom. The molecule has 1 amide bonds. The van der Waals surface area contributed by atoms with Crippen molar-refractivity contribution in [2.24, 2.45) is 11.7 Å². The number of hydrogen-bond acceptors (Lipinski definition) is 4. The van der Waals surface area contributed by atoms with Crippen molar-refractivity contribution < 1.29 is 9.53 Å². The van der Waals surface area contributed by atoms with Crippen LogP contribution in [0.1, 0.15) is 30.1 Å². The normalized spacial score (nSPS) is 21.0. The zero-order chi connectivity index (χ0) is 13.8. The van der Waals surface area contributed by atoms with E-state index in [0.717, 1.165) is 25.9 Å². The summed E-state index contributed by atoms with van der Waals surface area (Å²) in [6.45, 7) is 3.52. The molecule has 1 saturated heterocycles. The first-order chi connectivity index (χ1) is 9.13. The fourth-order valence-corrected chi connectivity index (χ4v) is 2.51. The van der Waals surface area contributed by atoms with Gasteiger partial charge in [0.2, 0.25) is 0 Å². The first kappa shape index (κ1) is 13.8.